The van der Waals surface area contributed by atoms with Crippen LogP contribution in [0.25, 0.3) is 21.7 Å². The van der Waals surface area contributed by atoms with Crippen molar-refractivity contribution >= 4 is 21.7 Å². The van der Waals surface area contributed by atoms with E-state index in [1.807, 2.05) is 30.3 Å². The molecule has 0 amide bonds. The molecule has 0 unspecified atom stereocenters. The van der Waals surface area contributed by atoms with Gasteiger partial charge >= 0.3 is 5.63 Å². The van der Waals surface area contributed by atoms with Crippen molar-refractivity contribution in [2.24, 2.45) is 0 Å². The number of rotatable bonds is 5. The third kappa shape index (κ3) is 2.77. The highest BCUT2D eigenvalue weighted by Crippen LogP contribution is 2.26. The van der Waals surface area contributed by atoms with Gasteiger partial charge in [-0.15, -0.1) is 0 Å². The lowest BCUT2D eigenvalue weighted by Crippen LogP contribution is -2.00. The summed E-state index contributed by atoms with van der Waals surface area (Å²) in [5, 5.41) is 2.47. The van der Waals surface area contributed by atoms with Crippen LogP contribution in [0.4, 0.5) is 0 Å². The van der Waals surface area contributed by atoms with Crippen LogP contribution in [0.15, 0.2) is 51.7 Å². The average Bonchev–Trinajstić information content (AvgIpc) is 2.52. The van der Waals surface area contributed by atoms with E-state index in [2.05, 4.69) is 6.92 Å². The SMILES string of the molecule is CCCCCOc1ccc2c(c1)oc(=O)c1ccccc12. The molecule has 3 heteroatoms. The molecule has 3 aromatic rings. The minimum atomic E-state index is -0.304. The van der Waals surface area contributed by atoms with Gasteiger partial charge in [-0.25, -0.2) is 4.79 Å². The largest absolute Gasteiger partial charge is 0.493 e. The predicted molar refractivity (Wildman–Crippen MR) is 85.0 cm³/mol. The molecule has 0 atom stereocenters. The molecule has 2 aromatic carbocycles. The van der Waals surface area contributed by atoms with Gasteiger partial charge in [0.05, 0.1) is 12.0 Å². The molecule has 0 aliphatic carbocycles. The highest BCUT2D eigenvalue weighted by atomic mass is 16.5. The summed E-state index contributed by atoms with van der Waals surface area (Å²) in [5.74, 6) is 0.747. The van der Waals surface area contributed by atoms with Crippen molar-refractivity contribution in [2.75, 3.05) is 6.61 Å². The Morgan fingerprint density at radius 3 is 2.62 bits per heavy atom. The lowest BCUT2D eigenvalue weighted by molar-refractivity contribution is 0.306. The second-order valence-corrected chi connectivity index (χ2v) is 5.15. The fourth-order valence-corrected chi connectivity index (χ4v) is 2.49. The normalized spacial score (nSPS) is 11.1. The van der Waals surface area contributed by atoms with Gasteiger partial charge in [-0.3, -0.25) is 0 Å². The van der Waals surface area contributed by atoms with E-state index < -0.39 is 0 Å². The van der Waals surface area contributed by atoms with Crippen LogP contribution in [0.1, 0.15) is 26.2 Å². The lowest BCUT2D eigenvalue weighted by Gasteiger charge is -2.07. The maximum Gasteiger partial charge on any atom is 0.344 e. The Morgan fingerprint density at radius 2 is 1.81 bits per heavy atom. The minimum absolute atomic E-state index is 0.304. The number of benzene rings is 2. The maximum absolute atomic E-state index is 12.0. The molecule has 108 valence electrons. The number of unbranched alkanes of at least 4 members (excludes halogenated alkanes) is 2. The summed E-state index contributed by atoms with van der Waals surface area (Å²) in [6.07, 6.45) is 3.37. The van der Waals surface area contributed by atoms with Gasteiger partial charge in [0.25, 0.3) is 0 Å². The first-order chi connectivity index (χ1) is 10.3. The van der Waals surface area contributed by atoms with E-state index in [0.29, 0.717) is 17.6 Å². The van der Waals surface area contributed by atoms with Crippen molar-refractivity contribution in [3.05, 3.63) is 52.9 Å². The van der Waals surface area contributed by atoms with E-state index in [0.717, 1.165) is 29.4 Å². The van der Waals surface area contributed by atoms with Gasteiger partial charge in [0, 0.05) is 11.5 Å². The summed E-state index contributed by atoms with van der Waals surface area (Å²) in [5.41, 5.74) is 0.271. The van der Waals surface area contributed by atoms with Crippen LogP contribution >= 0.6 is 0 Å². The third-order valence-electron chi connectivity index (χ3n) is 3.61. The zero-order valence-corrected chi connectivity index (χ0v) is 12.1. The molecule has 3 rings (SSSR count). The third-order valence-corrected chi connectivity index (χ3v) is 3.61. The molecule has 0 saturated carbocycles. The molecule has 1 heterocycles. The smallest absolute Gasteiger partial charge is 0.344 e. The zero-order chi connectivity index (χ0) is 14.7. The van der Waals surface area contributed by atoms with Gasteiger partial charge in [0.1, 0.15) is 11.3 Å². The standard InChI is InChI=1S/C18H18O3/c1-2-3-6-11-20-13-9-10-15-14-7-4-5-8-16(14)18(19)21-17(15)12-13/h4-5,7-10,12H,2-3,6,11H2,1H3. The van der Waals surface area contributed by atoms with E-state index in [1.165, 1.54) is 6.42 Å². The van der Waals surface area contributed by atoms with Crippen molar-refractivity contribution in [3.63, 3.8) is 0 Å². The van der Waals surface area contributed by atoms with E-state index in [-0.39, 0.29) is 5.63 Å². The fraction of sp³-hybridized carbons (Fsp3) is 0.278. The van der Waals surface area contributed by atoms with Crippen LogP contribution in [0, 0.1) is 0 Å². The van der Waals surface area contributed by atoms with Crippen molar-refractivity contribution < 1.29 is 9.15 Å². The fourth-order valence-electron chi connectivity index (χ4n) is 2.49. The van der Waals surface area contributed by atoms with Gasteiger partial charge in [-0.1, -0.05) is 38.0 Å². The molecule has 21 heavy (non-hydrogen) atoms. The van der Waals surface area contributed by atoms with Crippen LogP contribution in [-0.4, -0.2) is 6.61 Å². The summed E-state index contributed by atoms with van der Waals surface area (Å²) < 4.78 is 11.1. The molecule has 0 spiro atoms. The summed E-state index contributed by atoms with van der Waals surface area (Å²) in [7, 11) is 0. The monoisotopic (exact) mass is 282 g/mol. The van der Waals surface area contributed by atoms with Crippen molar-refractivity contribution in [1.82, 2.24) is 0 Å². The van der Waals surface area contributed by atoms with Crippen molar-refractivity contribution in [1.29, 1.82) is 0 Å². The topological polar surface area (TPSA) is 39.4 Å². The first kappa shape index (κ1) is 13.7. The molecule has 0 saturated heterocycles. The first-order valence-corrected chi connectivity index (χ1v) is 7.38. The van der Waals surface area contributed by atoms with Crippen LogP contribution < -0.4 is 10.4 Å². The highest BCUT2D eigenvalue weighted by Gasteiger charge is 2.07. The molecule has 0 aliphatic heterocycles. The Labute approximate surface area is 123 Å². The first-order valence-electron chi connectivity index (χ1n) is 7.38. The number of hydrogen-bond donors (Lipinski definition) is 0. The lowest BCUT2D eigenvalue weighted by atomic mass is 10.1. The minimum Gasteiger partial charge on any atom is -0.493 e. The second-order valence-electron chi connectivity index (χ2n) is 5.15. The van der Waals surface area contributed by atoms with E-state index in [1.54, 1.807) is 12.1 Å². The van der Waals surface area contributed by atoms with Gasteiger partial charge in [-0.05, 0) is 30.0 Å². The Balaban J connectivity index is 1.99. The van der Waals surface area contributed by atoms with Crippen LogP contribution in [0.5, 0.6) is 5.75 Å². The molecule has 0 aliphatic rings. The zero-order valence-electron chi connectivity index (χ0n) is 12.1. The summed E-state index contributed by atoms with van der Waals surface area (Å²) in [6.45, 7) is 2.85. The van der Waals surface area contributed by atoms with Crippen molar-refractivity contribution in [2.45, 2.75) is 26.2 Å². The van der Waals surface area contributed by atoms with Gasteiger partial charge in [0.2, 0.25) is 0 Å². The van der Waals surface area contributed by atoms with Gasteiger partial charge < -0.3 is 9.15 Å². The molecular weight excluding hydrogens is 264 g/mol. The van der Waals surface area contributed by atoms with Crippen LogP contribution in [0.3, 0.4) is 0 Å². The maximum atomic E-state index is 12.0. The molecular formula is C18H18O3. The second kappa shape index (κ2) is 6.00. The quantitative estimate of drug-likeness (QED) is 0.392. The van der Waals surface area contributed by atoms with E-state index >= 15 is 0 Å². The van der Waals surface area contributed by atoms with E-state index in [4.69, 9.17) is 9.15 Å². The molecule has 3 nitrogen and oxygen atoms in total. The number of fused-ring (bicyclic) bond motifs is 3. The Morgan fingerprint density at radius 1 is 1.00 bits per heavy atom. The molecule has 0 radical (unpaired) electrons. The Kier molecular flexibility index (Phi) is 3.91. The van der Waals surface area contributed by atoms with Crippen molar-refractivity contribution in [3.8, 4) is 5.75 Å². The van der Waals surface area contributed by atoms with E-state index in [9.17, 15) is 4.79 Å². The number of hydrogen-bond acceptors (Lipinski definition) is 3. The van der Waals surface area contributed by atoms with Crippen LogP contribution in [-0.2, 0) is 0 Å². The number of ether oxygens (including phenoxy) is 1. The molecule has 0 fully saturated rings. The van der Waals surface area contributed by atoms with Gasteiger partial charge in [0.15, 0.2) is 0 Å². The summed E-state index contributed by atoms with van der Waals surface area (Å²) >= 11 is 0. The highest BCUT2D eigenvalue weighted by molar-refractivity contribution is 6.04. The summed E-state index contributed by atoms with van der Waals surface area (Å²) in [6, 6.07) is 13.2. The van der Waals surface area contributed by atoms with Gasteiger partial charge in [-0.2, -0.15) is 0 Å². The molecule has 0 bridgehead atoms. The molecule has 0 N–H and O–H groups in total. The van der Waals surface area contributed by atoms with Crippen LogP contribution in [0.2, 0.25) is 0 Å². The molecule has 1 aromatic heterocycles. The summed E-state index contributed by atoms with van der Waals surface area (Å²) in [4.78, 5) is 12.0. The Hall–Kier alpha value is -2.29. The Bertz CT molecular complexity index is 817. The predicted octanol–water partition coefficient (Wildman–Crippen LogP) is 4.52. The average molecular weight is 282 g/mol.